The molecule has 1 amide bonds. The number of benzene rings is 1. The first-order chi connectivity index (χ1) is 17.8. The molecule has 0 spiro atoms. The maximum absolute atomic E-state index is 12.4. The highest BCUT2D eigenvalue weighted by Gasteiger charge is 2.29. The van der Waals surface area contributed by atoms with Gasteiger partial charge in [0.1, 0.15) is 0 Å². The van der Waals surface area contributed by atoms with E-state index in [-0.39, 0.29) is 5.91 Å². The molecule has 0 aliphatic carbocycles. The summed E-state index contributed by atoms with van der Waals surface area (Å²) >= 11 is 0. The molecule has 6 N–H and O–H groups in total. The van der Waals surface area contributed by atoms with E-state index in [9.17, 15) is 14.4 Å². The third-order valence-corrected chi connectivity index (χ3v) is 5.91. The summed E-state index contributed by atoms with van der Waals surface area (Å²) in [5, 5.41) is 43.6. The van der Waals surface area contributed by atoms with Gasteiger partial charge in [-0.2, -0.15) is 5.10 Å². The lowest BCUT2D eigenvalue weighted by Gasteiger charge is -2.26. The number of piperidine rings is 1. The summed E-state index contributed by atoms with van der Waals surface area (Å²) in [6.07, 6.45) is 2.52. The lowest BCUT2D eigenvalue weighted by Crippen LogP contribution is -2.39. The summed E-state index contributed by atoms with van der Waals surface area (Å²) in [5.41, 5.74) is 2.72. The standard InChI is InChI=1S/C21H25N5O.C4H6O6/c27-20(10-7-13-26-11-5-2-6-12-26)23-21-17-14-18(16-8-3-1-4-9-16)22-15-19(17)24-25-21;5-1(3(7)8)2(6)4(9)10/h1,3-4,8-9,14-15H,2,5-7,10-13H2,(H2,23,24,25,27);1-2,5-6H,(H,7,8)(H,9,10). The second-order valence-corrected chi connectivity index (χ2v) is 8.67. The molecule has 0 bridgehead atoms. The van der Waals surface area contributed by atoms with Crippen LogP contribution in [0.25, 0.3) is 22.2 Å². The van der Waals surface area contributed by atoms with Crippen LogP contribution in [0, 0.1) is 0 Å². The fraction of sp³-hybridized carbons (Fsp3) is 0.400. The van der Waals surface area contributed by atoms with Crippen LogP contribution in [0.15, 0.2) is 42.6 Å². The van der Waals surface area contributed by atoms with E-state index in [1.165, 1.54) is 32.4 Å². The first-order valence-corrected chi connectivity index (χ1v) is 12.0. The number of nitrogens with one attached hydrogen (secondary N) is 2. The number of anilines is 1. The molecule has 1 aliphatic rings. The molecule has 12 heteroatoms. The third kappa shape index (κ3) is 8.07. The van der Waals surface area contributed by atoms with Crippen LogP contribution in [0.3, 0.4) is 0 Å². The normalized spacial score (nSPS) is 15.3. The van der Waals surface area contributed by atoms with Gasteiger partial charge in [0, 0.05) is 17.4 Å². The molecule has 37 heavy (non-hydrogen) atoms. The lowest BCUT2D eigenvalue weighted by molar-refractivity contribution is -0.165. The average Bonchev–Trinajstić information content (AvgIpc) is 3.31. The van der Waals surface area contributed by atoms with Crippen LogP contribution in [0.1, 0.15) is 32.1 Å². The van der Waals surface area contributed by atoms with E-state index in [1.54, 1.807) is 6.20 Å². The predicted octanol–water partition coefficient (Wildman–Crippen LogP) is 1.71. The molecular formula is C25H31N5O7. The Balaban J connectivity index is 0.000000325. The molecule has 3 aromatic rings. The van der Waals surface area contributed by atoms with Crippen LogP contribution in [-0.2, 0) is 14.4 Å². The van der Waals surface area contributed by atoms with Crippen molar-refractivity contribution in [1.29, 1.82) is 0 Å². The lowest BCUT2D eigenvalue weighted by atomic mass is 10.1. The summed E-state index contributed by atoms with van der Waals surface area (Å²) in [6, 6.07) is 12.0. The van der Waals surface area contributed by atoms with Crippen LogP contribution in [0.5, 0.6) is 0 Å². The van der Waals surface area contributed by atoms with Gasteiger partial charge in [0.25, 0.3) is 0 Å². The van der Waals surface area contributed by atoms with Gasteiger partial charge in [-0.25, -0.2) is 9.59 Å². The van der Waals surface area contributed by atoms with Crippen LogP contribution in [0.4, 0.5) is 5.82 Å². The Hall–Kier alpha value is -3.87. The van der Waals surface area contributed by atoms with Gasteiger partial charge in [-0.1, -0.05) is 36.8 Å². The van der Waals surface area contributed by atoms with E-state index in [1.807, 2.05) is 36.4 Å². The minimum absolute atomic E-state index is 0.0125. The summed E-state index contributed by atoms with van der Waals surface area (Å²) in [5.74, 6) is -2.95. The number of H-pyrrole nitrogens is 1. The first kappa shape index (κ1) is 27.7. The molecule has 0 saturated carbocycles. The molecule has 3 heterocycles. The Morgan fingerprint density at radius 1 is 1.00 bits per heavy atom. The van der Waals surface area contributed by atoms with E-state index in [2.05, 4.69) is 25.4 Å². The number of nitrogens with zero attached hydrogens (tertiary/aromatic N) is 3. The number of pyridine rings is 1. The molecule has 1 fully saturated rings. The maximum atomic E-state index is 12.4. The van der Waals surface area contributed by atoms with Crippen LogP contribution in [-0.4, -0.2) is 90.2 Å². The van der Waals surface area contributed by atoms with Gasteiger partial charge in [0.2, 0.25) is 5.91 Å². The number of amides is 1. The van der Waals surface area contributed by atoms with Crippen molar-refractivity contribution in [1.82, 2.24) is 20.1 Å². The number of aliphatic hydroxyl groups is 2. The topological polar surface area (TPSA) is 189 Å². The zero-order valence-corrected chi connectivity index (χ0v) is 20.2. The van der Waals surface area contributed by atoms with Gasteiger partial charge in [-0.05, 0) is 45.0 Å². The number of hydrogen-bond acceptors (Lipinski definition) is 8. The number of aromatic amines is 1. The first-order valence-electron chi connectivity index (χ1n) is 12.0. The molecular weight excluding hydrogens is 482 g/mol. The van der Waals surface area contributed by atoms with Crippen molar-refractivity contribution in [3.63, 3.8) is 0 Å². The predicted molar refractivity (Wildman–Crippen MR) is 135 cm³/mol. The molecule has 1 saturated heterocycles. The molecule has 2 aromatic heterocycles. The smallest absolute Gasteiger partial charge is 0.335 e. The molecule has 198 valence electrons. The fourth-order valence-electron chi connectivity index (χ4n) is 3.89. The van der Waals surface area contributed by atoms with Gasteiger partial charge in [0.05, 0.1) is 17.4 Å². The Kier molecular flexibility index (Phi) is 10.1. The molecule has 2 unspecified atom stereocenters. The van der Waals surface area contributed by atoms with Crippen molar-refractivity contribution < 1.29 is 34.8 Å². The van der Waals surface area contributed by atoms with Crippen LogP contribution in [0.2, 0.25) is 0 Å². The van der Waals surface area contributed by atoms with E-state index in [0.29, 0.717) is 12.2 Å². The van der Waals surface area contributed by atoms with Crippen molar-refractivity contribution >= 4 is 34.6 Å². The van der Waals surface area contributed by atoms with Gasteiger partial charge in [-0.15, -0.1) is 0 Å². The zero-order chi connectivity index (χ0) is 26.8. The van der Waals surface area contributed by atoms with Crippen molar-refractivity contribution in [2.75, 3.05) is 25.0 Å². The molecule has 4 rings (SSSR count). The second kappa shape index (κ2) is 13.4. The number of carboxylic acids is 2. The summed E-state index contributed by atoms with van der Waals surface area (Å²) < 4.78 is 0. The number of fused-ring (bicyclic) bond motifs is 1. The Labute approximate surface area is 213 Å². The molecule has 0 radical (unpaired) electrons. The number of carbonyl (C=O) groups excluding carboxylic acids is 1. The molecule has 12 nitrogen and oxygen atoms in total. The number of carboxylic acid groups (broad SMARTS) is 2. The largest absolute Gasteiger partial charge is 0.479 e. The van der Waals surface area contributed by atoms with E-state index in [0.717, 1.165) is 35.1 Å². The minimum Gasteiger partial charge on any atom is -0.479 e. The average molecular weight is 514 g/mol. The van der Waals surface area contributed by atoms with E-state index in [4.69, 9.17) is 20.4 Å². The van der Waals surface area contributed by atoms with Crippen molar-refractivity contribution in [2.24, 2.45) is 0 Å². The number of carbonyl (C=O) groups is 3. The highest BCUT2D eigenvalue weighted by atomic mass is 16.4. The monoisotopic (exact) mass is 513 g/mol. The number of hydrogen-bond donors (Lipinski definition) is 6. The van der Waals surface area contributed by atoms with Gasteiger partial charge in [0.15, 0.2) is 18.0 Å². The Bertz CT molecular complexity index is 1180. The van der Waals surface area contributed by atoms with Gasteiger partial charge < -0.3 is 30.6 Å². The third-order valence-electron chi connectivity index (χ3n) is 5.91. The quantitative estimate of drug-likeness (QED) is 0.246. The Morgan fingerprint density at radius 3 is 2.27 bits per heavy atom. The minimum atomic E-state index is -2.27. The van der Waals surface area contributed by atoms with Crippen LogP contribution >= 0.6 is 0 Å². The zero-order valence-electron chi connectivity index (χ0n) is 20.2. The van der Waals surface area contributed by atoms with Crippen molar-refractivity contribution in [3.8, 4) is 11.3 Å². The maximum Gasteiger partial charge on any atom is 0.335 e. The fourth-order valence-corrected chi connectivity index (χ4v) is 3.89. The highest BCUT2D eigenvalue weighted by molar-refractivity contribution is 6.00. The second-order valence-electron chi connectivity index (χ2n) is 8.67. The number of likely N-dealkylation sites (tertiary alicyclic amines) is 1. The molecule has 1 aliphatic heterocycles. The molecule has 2 atom stereocenters. The van der Waals surface area contributed by atoms with E-state index >= 15 is 0 Å². The Morgan fingerprint density at radius 2 is 1.65 bits per heavy atom. The van der Waals surface area contributed by atoms with Crippen molar-refractivity contribution in [2.45, 2.75) is 44.3 Å². The van der Waals surface area contributed by atoms with Gasteiger partial charge >= 0.3 is 11.9 Å². The summed E-state index contributed by atoms with van der Waals surface area (Å²) in [6.45, 7) is 3.33. The van der Waals surface area contributed by atoms with Crippen LogP contribution < -0.4 is 5.32 Å². The number of aromatic nitrogens is 3. The van der Waals surface area contributed by atoms with E-state index < -0.39 is 24.1 Å². The highest BCUT2D eigenvalue weighted by Crippen LogP contribution is 2.25. The number of aliphatic carboxylic acids is 2. The SMILES string of the molecule is O=C(CCCN1CCCCC1)Nc1n[nH]c2cnc(-c3ccccc3)cc12.O=C(O)C(O)C(O)C(=O)O. The van der Waals surface area contributed by atoms with Crippen molar-refractivity contribution in [3.05, 3.63) is 42.6 Å². The van der Waals surface area contributed by atoms with Gasteiger partial charge in [-0.3, -0.25) is 14.9 Å². The number of rotatable bonds is 9. The summed E-state index contributed by atoms with van der Waals surface area (Å²) in [4.78, 5) is 38.8. The number of aliphatic hydroxyl groups excluding tert-OH is 2. The summed E-state index contributed by atoms with van der Waals surface area (Å²) in [7, 11) is 0. The molecule has 1 aromatic carbocycles.